The van der Waals surface area contributed by atoms with Crippen LogP contribution in [-0.4, -0.2) is 19.4 Å². The molecule has 1 heterocycles. The molecule has 0 amide bonds. The number of halogens is 4. The molecule has 1 aromatic rings. The van der Waals surface area contributed by atoms with Crippen molar-refractivity contribution >= 4 is 0 Å². The topological polar surface area (TPSA) is 18.5 Å². The van der Waals surface area contributed by atoms with Crippen LogP contribution in [0.15, 0.2) is 12.1 Å². The van der Waals surface area contributed by atoms with Crippen LogP contribution in [0.4, 0.5) is 17.7 Å². The van der Waals surface area contributed by atoms with Crippen molar-refractivity contribution in [2.45, 2.75) is 58.5 Å². The van der Waals surface area contributed by atoms with Crippen molar-refractivity contribution in [3.05, 3.63) is 29.3 Å². The van der Waals surface area contributed by atoms with Crippen molar-refractivity contribution in [2.75, 3.05) is 13.3 Å². The van der Waals surface area contributed by atoms with E-state index in [0.717, 1.165) is 43.4 Å². The van der Waals surface area contributed by atoms with Gasteiger partial charge in [-0.25, -0.2) is 8.78 Å². The predicted molar refractivity (Wildman–Crippen MR) is 92.4 cm³/mol. The standard InChI is InChI=1S/C13H23FO.C7H5F3O/c1-10-2-7-13(15-9-10)12-5-3-11(8-14)4-6-12;1-4-6(8)2-5(11-10)3-7(4)9/h10-13H,2-9H2,1H3;2-3H,1H3. The molecule has 2 unspecified atom stereocenters. The normalized spacial score (nSPS) is 28.8. The Bertz CT molecular complexity index is 528. The highest BCUT2D eigenvalue weighted by Crippen LogP contribution is 2.35. The minimum atomic E-state index is -0.822. The molecule has 1 aromatic carbocycles. The average molecular weight is 376 g/mol. The number of benzene rings is 1. The van der Waals surface area contributed by atoms with Crippen molar-refractivity contribution in [1.29, 1.82) is 0 Å². The second kappa shape index (κ2) is 10.1. The molecule has 2 fully saturated rings. The maximum Gasteiger partial charge on any atom is 0.177 e. The third kappa shape index (κ3) is 5.86. The molecule has 1 aliphatic heterocycles. The van der Waals surface area contributed by atoms with Gasteiger partial charge in [0, 0.05) is 28.8 Å². The maximum atomic E-state index is 12.5. The molecule has 2 nitrogen and oxygen atoms in total. The van der Waals surface area contributed by atoms with Gasteiger partial charge in [0.05, 0.1) is 12.8 Å². The second-order valence-corrected chi connectivity index (χ2v) is 7.58. The van der Waals surface area contributed by atoms with E-state index in [1.807, 2.05) is 0 Å². The van der Waals surface area contributed by atoms with Gasteiger partial charge < -0.3 is 4.74 Å². The monoisotopic (exact) mass is 376 g/mol. The summed E-state index contributed by atoms with van der Waals surface area (Å²) >= 11 is 0. The molecule has 0 bridgehead atoms. The molecule has 0 radical (unpaired) electrons. The van der Waals surface area contributed by atoms with Gasteiger partial charge in [0.1, 0.15) is 11.6 Å². The van der Waals surface area contributed by atoms with Crippen molar-refractivity contribution in [2.24, 2.45) is 17.8 Å². The maximum absolute atomic E-state index is 12.5. The van der Waals surface area contributed by atoms with Crippen molar-refractivity contribution in [3.8, 4) is 5.75 Å². The third-order valence-corrected chi connectivity index (χ3v) is 5.52. The third-order valence-electron chi connectivity index (χ3n) is 5.52. The Balaban J connectivity index is 0.000000197. The first-order chi connectivity index (χ1) is 12.4. The molecule has 2 aliphatic rings. The summed E-state index contributed by atoms with van der Waals surface area (Å²) in [6, 6.07) is 1.55. The second-order valence-electron chi connectivity index (χ2n) is 7.58. The van der Waals surface area contributed by atoms with Crippen molar-refractivity contribution < 1.29 is 27.4 Å². The fourth-order valence-electron chi connectivity index (χ4n) is 3.66. The Morgan fingerprint density at radius 3 is 2.12 bits per heavy atom. The number of rotatable bonds is 3. The zero-order valence-electron chi connectivity index (χ0n) is 15.4. The summed E-state index contributed by atoms with van der Waals surface area (Å²) in [5, 5.41) is 0. The van der Waals surface area contributed by atoms with Gasteiger partial charge in [-0.2, -0.15) is 0 Å². The van der Waals surface area contributed by atoms with Crippen LogP contribution in [0, 0.1) is 36.3 Å². The zero-order chi connectivity index (χ0) is 19.1. The molecule has 0 N–H and O–H groups in total. The lowest BCUT2D eigenvalue weighted by Crippen LogP contribution is -2.33. The molecule has 148 valence electrons. The Kier molecular flexibility index (Phi) is 8.19. The van der Waals surface area contributed by atoms with Gasteiger partial charge >= 0.3 is 0 Å². The van der Waals surface area contributed by atoms with Crippen LogP contribution >= 0.6 is 0 Å². The Morgan fingerprint density at radius 2 is 1.65 bits per heavy atom. The molecular formula is C20H28F4O2. The zero-order valence-corrected chi connectivity index (χ0v) is 15.4. The number of alkyl halides is 1. The lowest BCUT2D eigenvalue weighted by atomic mass is 9.78. The highest BCUT2D eigenvalue weighted by molar-refractivity contribution is 5.29. The van der Waals surface area contributed by atoms with Gasteiger partial charge in [-0.05, 0) is 63.2 Å². The first-order valence-corrected chi connectivity index (χ1v) is 9.36. The van der Waals surface area contributed by atoms with Crippen LogP contribution in [0.25, 0.3) is 0 Å². The fourth-order valence-corrected chi connectivity index (χ4v) is 3.66. The van der Waals surface area contributed by atoms with Gasteiger partial charge in [0.15, 0.2) is 5.75 Å². The SMILES string of the molecule is CC1CCC(C2CCC(CF)CC2)OC1.Cc1c(F)cc(OF)cc1F. The molecule has 2 atom stereocenters. The van der Waals surface area contributed by atoms with E-state index < -0.39 is 17.4 Å². The smallest absolute Gasteiger partial charge is 0.177 e. The summed E-state index contributed by atoms with van der Waals surface area (Å²) in [6.07, 6.45) is 7.57. The number of hydrogen-bond acceptors (Lipinski definition) is 2. The van der Waals surface area contributed by atoms with Crippen molar-refractivity contribution in [3.63, 3.8) is 0 Å². The molecule has 6 heteroatoms. The van der Waals surface area contributed by atoms with Gasteiger partial charge in [-0.15, -0.1) is 0 Å². The lowest BCUT2D eigenvalue weighted by Gasteiger charge is -2.36. The van der Waals surface area contributed by atoms with E-state index in [0.29, 0.717) is 12.0 Å². The average Bonchev–Trinajstić information content (AvgIpc) is 2.67. The highest BCUT2D eigenvalue weighted by atomic mass is 19.3. The van der Waals surface area contributed by atoms with Gasteiger partial charge in [-0.1, -0.05) is 6.92 Å². The van der Waals surface area contributed by atoms with E-state index in [4.69, 9.17) is 4.74 Å². The first kappa shape index (κ1) is 21.0. The van der Waals surface area contributed by atoms with E-state index in [2.05, 4.69) is 11.9 Å². The van der Waals surface area contributed by atoms with Crippen LogP contribution in [-0.2, 0) is 4.74 Å². The molecule has 1 saturated carbocycles. The molecule has 3 rings (SSSR count). The summed E-state index contributed by atoms with van der Waals surface area (Å²) in [5.41, 5.74) is -0.147. The summed E-state index contributed by atoms with van der Waals surface area (Å²) in [7, 11) is 0. The van der Waals surface area contributed by atoms with Crippen LogP contribution < -0.4 is 4.94 Å². The summed E-state index contributed by atoms with van der Waals surface area (Å²) in [6.45, 7) is 4.34. The predicted octanol–water partition coefficient (Wildman–Crippen LogP) is 6.11. The Morgan fingerprint density at radius 1 is 1.04 bits per heavy atom. The first-order valence-electron chi connectivity index (χ1n) is 9.36. The van der Waals surface area contributed by atoms with Gasteiger partial charge in [-0.3, -0.25) is 9.33 Å². The van der Waals surface area contributed by atoms with Crippen LogP contribution in [0.5, 0.6) is 5.75 Å². The quantitative estimate of drug-likeness (QED) is 0.592. The molecule has 1 aliphatic carbocycles. The highest BCUT2D eigenvalue weighted by Gasteiger charge is 2.30. The summed E-state index contributed by atoms with van der Waals surface area (Å²) in [4.78, 5) is 3.15. The summed E-state index contributed by atoms with van der Waals surface area (Å²) < 4.78 is 54.8. The molecule has 1 saturated heterocycles. The van der Waals surface area contributed by atoms with Crippen LogP contribution in [0.2, 0.25) is 0 Å². The molecule has 0 aromatic heterocycles. The van der Waals surface area contributed by atoms with Gasteiger partial charge in [0.2, 0.25) is 0 Å². The Labute approximate surface area is 152 Å². The van der Waals surface area contributed by atoms with E-state index in [9.17, 15) is 17.7 Å². The van der Waals surface area contributed by atoms with Crippen LogP contribution in [0.3, 0.4) is 0 Å². The van der Waals surface area contributed by atoms with E-state index in [1.165, 1.54) is 32.6 Å². The van der Waals surface area contributed by atoms with E-state index in [1.54, 1.807) is 0 Å². The molecule has 26 heavy (non-hydrogen) atoms. The van der Waals surface area contributed by atoms with Gasteiger partial charge in [0.25, 0.3) is 0 Å². The van der Waals surface area contributed by atoms with E-state index in [-0.39, 0.29) is 12.2 Å². The fraction of sp³-hybridized carbons (Fsp3) is 0.700. The lowest BCUT2D eigenvalue weighted by molar-refractivity contribution is -0.0549. The minimum absolute atomic E-state index is 0.116. The summed E-state index contributed by atoms with van der Waals surface area (Å²) in [5.74, 6) is -0.298. The molecule has 0 spiro atoms. The molecular weight excluding hydrogens is 348 g/mol. The van der Waals surface area contributed by atoms with E-state index >= 15 is 0 Å². The Hall–Kier alpha value is -1.30. The number of hydrogen-bond donors (Lipinski definition) is 0. The largest absolute Gasteiger partial charge is 0.378 e. The number of ether oxygens (including phenoxy) is 1. The van der Waals surface area contributed by atoms with Crippen LogP contribution in [0.1, 0.15) is 51.0 Å². The minimum Gasteiger partial charge on any atom is -0.378 e. The van der Waals surface area contributed by atoms with Crippen molar-refractivity contribution in [1.82, 2.24) is 0 Å².